The van der Waals surface area contributed by atoms with Gasteiger partial charge in [-0.15, -0.1) is 0 Å². The van der Waals surface area contributed by atoms with Crippen molar-refractivity contribution >= 4 is 12.1 Å². The topological polar surface area (TPSA) is 80.0 Å². The Morgan fingerprint density at radius 1 is 1.31 bits per heavy atom. The second-order valence-electron chi connectivity index (χ2n) is 7.56. The Morgan fingerprint density at radius 2 is 1.92 bits per heavy atom. The van der Waals surface area contributed by atoms with Gasteiger partial charge in [-0.2, -0.15) is 0 Å². The first-order chi connectivity index (χ1) is 12.3. The third-order valence-electron chi connectivity index (χ3n) is 4.85. The highest BCUT2D eigenvalue weighted by Gasteiger charge is 2.24. The Balaban J connectivity index is 1.83. The fraction of sp³-hybridized carbons (Fsp3) is 0.600. The molecular formula is C20H32N4O2. The molecule has 1 aliphatic rings. The third kappa shape index (κ3) is 5.64. The first kappa shape index (κ1) is 20.1. The van der Waals surface area contributed by atoms with Gasteiger partial charge in [-0.05, 0) is 32.3 Å². The molecule has 1 saturated heterocycles. The summed E-state index contributed by atoms with van der Waals surface area (Å²) in [4.78, 5) is 18.0. The number of guanidine groups is 1. The van der Waals surface area contributed by atoms with Crippen molar-refractivity contribution in [3.8, 4) is 0 Å². The molecule has 144 valence electrons. The van der Waals surface area contributed by atoms with Crippen molar-refractivity contribution in [2.24, 2.45) is 10.7 Å². The maximum atomic E-state index is 11.7. The highest BCUT2D eigenvalue weighted by Crippen LogP contribution is 2.23. The zero-order valence-electron chi connectivity index (χ0n) is 16.4. The maximum Gasteiger partial charge on any atom is 0.409 e. The Labute approximate surface area is 156 Å². The molecule has 0 unspecified atom stereocenters. The molecule has 0 bridgehead atoms. The number of amides is 1. The monoisotopic (exact) mass is 360 g/mol. The van der Waals surface area contributed by atoms with Crippen LogP contribution < -0.4 is 11.1 Å². The van der Waals surface area contributed by atoms with E-state index >= 15 is 0 Å². The van der Waals surface area contributed by atoms with Crippen molar-refractivity contribution in [3.63, 3.8) is 0 Å². The van der Waals surface area contributed by atoms with Gasteiger partial charge >= 0.3 is 6.09 Å². The van der Waals surface area contributed by atoms with Crippen molar-refractivity contribution < 1.29 is 9.53 Å². The van der Waals surface area contributed by atoms with Gasteiger partial charge in [0.15, 0.2) is 5.96 Å². The molecule has 3 N–H and O–H groups in total. The Hall–Kier alpha value is -2.24. The van der Waals surface area contributed by atoms with Crippen LogP contribution in [0.25, 0.3) is 0 Å². The molecule has 0 atom stereocenters. The largest absolute Gasteiger partial charge is 0.450 e. The van der Waals surface area contributed by atoms with Crippen molar-refractivity contribution in [2.75, 3.05) is 26.2 Å². The van der Waals surface area contributed by atoms with Gasteiger partial charge in [-0.1, -0.05) is 43.7 Å². The number of carbonyl (C=O) groups excluding carboxylic acids is 1. The van der Waals surface area contributed by atoms with Crippen LogP contribution in [0.5, 0.6) is 0 Å². The number of piperidine rings is 1. The summed E-state index contributed by atoms with van der Waals surface area (Å²) < 4.78 is 5.04. The van der Waals surface area contributed by atoms with Crippen LogP contribution in [0, 0.1) is 6.92 Å². The van der Waals surface area contributed by atoms with Crippen LogP contribution in [0.1, 0.15) is 44.7 Å². The predicted octanol–water partition coefficient (Wildman–Crippen LogP) is 2.80. The molecule has 6 nitrogen and oxygen atoms in total. The van der Waals surface area contributed by atoms with E-state index in [-0.39, 0.29) is 17.6 Å². The first-order valence-electron chi connectivity index (χ1n) is 9.37. The molecule has 1 heterocycles. The summed E-state index contributed by atoms with van der Waals surface area (Å²) in [6, 6.07) is 8.80. The minimum absolute atomic E-state index is 0.0761. The molecule has 0 aliphatic carbocycles. The Bertz CT molecular complexity index is 617. The van der Waals surface area contributed by atoms with E-state index in [9.17, 15) is 4.79 Å². The van der Waals surface area contributed by atoms with E-state index in [1.54, 1.807) is 4.90 Å². The van der Waals surface area contributed by atoms with Crippen LogP contribution in [0.15, 0.2) is 29.3 Å². The summed E-state index contributed by atoms with van der Waals surface area (Å²) in [5, 5.41) is 3.29. The van der Waals surface area contributed by atoms with E-state index in [1.165, 1.54) is 11.1 Å². The van der Waals surface area contributed by atoms with Crippen LogP contribution >= 0.6 is 0 Å². The number of rotatable bonds is 5. The van der Waals surface area contributed by atoms with E-state index in [0.717, 1.165) is 12.8 Å². The average molecular weight is 361 g/mol. The van der Waals surface area contributed by atoms with Crippen molar-refractivity contribution in [1.29, 1.82) is 0 Å². The average Bonchev–Trinajstić information content (AvgIpc) is 2.61. The highest BCUT2D eigenvalue weighted by atomic mass is 16.6. The van der Waals surface area contributed by atoms with Gasteiger partial charge < -0.3 is 20.7 Å². The van der Waals surface area contributed by atoms with Gasteiger partial charge in [-0.3, -0.25) is 4.99 Å². The molecule has 0 spiro atoms. The number of aliphatic imine (C=N–C) groups is 1. The molecule has 1 aromatic carbocycles. The van der Waals surface area contributed by atoms with Gasteiger partial charge in [0.25, 0.3) is 0 Å². The van der Waals surface area contributed by atoms with Crippen molar-refractivity contribution in [2.45, 2.75) is 52.0 Å². The summed E-state index contributed by atoms with van der Waals surface area (Å²) in [5.41, 5.74) is 8.52. The van der Waals surface area contributed by atoms with Gasteiger partial charge in [-0.25, -0.2) is 4.79 Å². The number of likely N-dealkylation sites (tertiary alicyclic amines) is 1. The van der Waals surface area contributed by atoms with Crippen LogP contribution in [-0.2, 0) is 10.2 Å². The quantitative estimate of drug-likeness (QED) is 0.625. The summed E-state index contributed by atoms with van der Waals surface area (Å²) in [6.07, 6.45) is 1.46. The van der Waals surface area contributed by atoms with Gasteiger partial charge in [0, 0.05) is 24.5 Å². The second-order valence-corrected chi connectivity index (χ2v) is 7.56. The SMILES string of the molecule is CCOC(=O)N1CCC(NC(N)=NCC(C)(C)c2ccc(C)cc2)CC1. The molecule has 2 rings (SSSR count). The number of nitrogens with zero attached hydrogens (tertiary/aromatic N) is 2. The lowest BCUT2D eigenvalue weighted by atomic mass is 9.84. The van der Waals surface area contributed by atoms with Crippen LogP contribution in [-0.4, -0.2) is 49.2 Å². The Kier molecular flexibility index (Phi) is 6.89. The summed E-state index contributed by atoms with van der Waals surface area (Å²) in [6.45, 7) is 10.6. The van der Waals surface area contributed by atoms with Crippen LogP contribution in [0.4, 0.5) is 4.79 Å². The number of ether oxygens (including phenoxy) is 1. The number of benzene rings is 1. The summed E-state index contributed by atoms with van der Waals surface area (Å²) in [7, 11) is 0. The molecule has 0 saturated carbocycles. The predicted molar refractivity (Wildman–Crippen MR) is 105 cm³/mol. The lowest BCUT2D eigenvalue weighted by Crippen LogP contribution is -2.48. The first-order valence-corrected chi connectivity index (χ1v) is 9.37. The smallest absolute Gasteiger partial charge is 0.409 e. The van der Waals surface area contributed by atoms with E-state index in [2.05, 4.69) is 55.3 Å². The van der Waals surface area contributed by atoms with Crippen molar-refractivity contribution in [3.05, 3.63) is 35.4 Å². The fourth-order valence-electron chi connectivity index (χ4n) is 3.05. The van der Waals surface area contributed by atoms with Crippen LogP contribution in [0.2, 0.25) is 0 Å². The minimum atomic E-state index is -0.229. The second kappa shape index (κ2) is 8.92. The molecule has 1 aliphatic heterocycles. The lowest BCUT2D eigenvalue weighted by Gasteiger charge is -2.32. The highest BCUT2D eigenvalue weighted by molar-refractivity contribution is 5.78. The zero-order valence-corrected chi connectivity index (χ0v) is 16.4. The molecule has 0 radical (unpaired) electrons. The standard InChI is InChI=1S/C20H32N4O2/c1-5-26-19(25)24-12-10-17(11-13-24)23-18(21)22-14-20(3,4)16-8-6-15(2)7-9-16/h6-9,17H,5,10-14H2,1-4H3,(H3,21,22,23). The number of nitrogens with one attached hydrogen (secondary N) is 1. The number of aryl methyl sites for hydroxylation is 1. The summed E-state index contributed by atoms with van der Waals surface area (Å²) >= 11 is 0. The maximum absolute atomic E-state index is 11.7. The summed E-state index contributed by atoms with van der Waals surface area (Å²) in [5.74, 6) is 0.472. The number of nitrogens with two attached hydrogens (primary N) is 1. The van der Waals surface area contributed by atoms with Crippen molar-refractivity contribution in [1.82, 2.24) is 10.2 Å². The number of hydrogen-bond donors (Lipinski definition) is 2. The Morgan fingerprint density at radius 3 is 2.50 bits per heavy atom. The molecule has 1 fully saturated rings. The van der Waals surface area contributed by atoms with E-state index in [0.29, 0.717) is 32.2 Å². The molecule has 1 aromatic rings. The van der Waals surface area contributed by atoms with E-state index in [4.69, 9.17) is 10.5 Å². The molecule has 6 heteroatoms. The molecule has 1 amide bonds. The van der Waals surface area contributed by atoms with Crippen LogP contribution in [0.3, 0.4) is 0 Å². The van der Waals surface area contributed by atoms with E-state index in [1.807, 2.05) is 6.92 Å². The zero-order chi connectivity index (χ0) is 19.2. The number of hydrogen-bond acceptors (Lipinski definition) is 3. The van der Waals surface area contributed by atoms with E-state index < -0.39 is 0 Å². The van der Waals surface area contributed by atoms with Gasteiger partial charge in [0.1, 0.15) is 0 Å². The fourth-order valence-corrected chi connectivity index (χ4v) is 3.05. The molecule has 0 aromatic heterocycles. The number of carbonyl (C=O) groups is 1. The minimum Gasteiger partial charge on any atom is -0.450 e. The molecule has 26 heavy (non-hydrogen) atoms. The van der Waals surface area contributed by atoms with Gasteiger partial charge in [0.05, 0.1) is 13.2 Å². The van der Waals surface area contributed by atoms with Gasteiger partial charge in [0.2, 0.25) is 0 Å². The molecular weight excluding hydrogens is 328 g/mol. The normalized spacial score (nSPS) is 16.5. The lowest BCUT2D eigenvalue weighted by molar-refractivity contribution is 0.0963. The third-order valence-corrected chi connectivity index (χ3v) is 4.85.